The van der Waals surface area contributed by atoms with Crippen molar-refractivity contribution in [2.24, 2.45) is 17.3 Å². The zero-order valence-electron chi connectivity index (χ0n) is 11.2. The second kappa shape index (κ2) is 3.87. The van der Waals surface area contributed by atoms with Gasteiger partial charge in [-0.25, -0.2) is 0 Å². The highest BCUT2D eigenvalue weighted by atomic mass is 16.3. The lowest BCUT2D eigenvalue weighted by Gasteiger charge is -2.52. The van der Waals surface area contributed by atoms with Crippen molar-refractivity contribution < 1.29 is 5.11 Å². The Morgan fingerprint density at radius 3 is 2.75 bits per heavy atom. The average Bonchev–Trinajstić information content (AvgIpc) is 2.20. The molecule has 1 nitrogen and oxygen atoms in total. The summed E-state index contributed by atoms with van der Waals surface area (Å²) in [7, 11) is 0. The average molecular weight is 222 g/mol. The molecule has 0 aromatic rings. The number of aliphatic hydroxyl groups is 1. The SMILES string of the molecule is CC(C)C1(O)CCC2=CCCC(C)C2(C)C1. The topological polar surface area (TPSA) is 20.2 Å². The fraction of sp³-hybridized carbons (Fsp3) is 0.867. The van der Waals surface area contributed by atoms with Gasteiger partial charge in [0.25, 0.3) is 0 Å². The van der Waals surface area contributed by atoms with Crippen molar-refractivity contribution in [3.8, 4) is 0 Å². The molecular weight excluding hydrogens is 196 g/mol. The molecule has 3 unspecified atom stereocenters. The first-order chi connectivity index (χ1) is 7.38. The molecule has 92 valence electrons. The van der Waals surface area contributed by atoms with Crippen molar-refractivity contribution in [1.82, 2.24) is 0 Å². The summed E-state index contributed by atoms with van der Waals surface area (Å²) in [6.07, 6.45) is 8.00. The number of hydrogen-bond acceptors (Lipinski definition) is 1. The van der Waals surface area contributed by atoms with Crippen LogP contribution in [0.4, 0.5) is 0 Å². The molecule has 0 radical (unpaired) electrons. The number of rotatable bonds is 1. The maximum atomic E-state index is 10.7. The van der Waals surface area contributed by atoms with Gasteiger partial charge in [-0.3, -0.25) is 0 Å². The Bertz CT molecular complexity index is 305. The number of fused-ring (bicyclic) bond motifs is 1. The van der Waals surface area contributed by atoms with E-state index in [2.05, 4.69) is 33.8 Å². The van der Waals surface area contributed by atoms with Gasteiger partial charge in [0, 0.05) is 0 Å². The second-order valence-corrected chi connectivity index (χ2v) is 6.56. The minimum atomic E-state index is -0.433. The Hall–Kier alpha value is -0.300. The Morgan fingerprint density at radius 1 is 1.44 bits per heavy atom. The molecule has 1 saturated carbocycles. The maximum absolute atomic E-state index is 10.7. The van der Waals surface area contributed by atoms with Crippen LogP contribution in [0.1, 0.15) is 59.8 Å². The molecule has 2 aliphatic rings. The molecule has 0 saturated heterocycles. The summed E-state index contributed by atoms with van der Waals surface area (Å²) in [5.41, 5.74) is 1.45. The summed E-state index contributed by atoms with van der Waals surface area (Å²) in [6, 6.07) is 0. The van der Waals surface area contributed by atoms with E-state index in [1.807, 2.05) is 0 Å². The molecule has 16 heavy (non-hydrogen) atoms. The maximum Gasteiger partial charge on any atom is 0.0682 e. The number of hydrogen-bond donors (Lipinski definition) is 1. The van der Waals surface area contributed by atoms with Gasteiger partial charge in [-0.1, -0.05) is 39.3 Å². The molecule has 3 atom stereocenters. The van der Waals surface area contributed by atoms with Crippen LogP contribution in [0.15, 0.2) is 11.6 Å². The van der Waals surface area contributed by atoms with E-state index < -0.39 is 5.60 Å². The molecular formula is C15H26O. The molecule has 1 N–H and O–H groups in total. The predicted octanol–water partition coefficient (Wildman–Crippen LogP) is 3.92. The van der Waals surface area contributed by atoms with E-state index in [1.54, 1.807) is 5.57 Å². The highest BCUT2D eigenvalue weighted by molar-refractivity contribution is 5.23. The van der Waals surface area contributed by atoms with Gasteiger partial charge in [0.15, 0.2) is 0 Å². The van der Waals surface area contributed by atoms with Crippen LogP contribution in [0.2, 0.25) is 0 Å². The fourth-order valence-electron chi connectivity index (χ4n) is 3.62. The molecule has 0 spiro atoms. The van der Waals surface area contributed by atoms with Gasteiger partial charge in [0.05, 0.1) is 5.60 Å². The summed E-state index contributed by atoms with van der Waals surface area (Å²) in [4.78, 5) is 0. The van der Waals surface area contributed by atoms with Crippen LogP contribution < -0.4 is 0 Å². The van der Waals surface area contributed by atoms with Crippen LogP contribution in [0.3, 0.4) is 0 Å². The molecule has 2 rings (SSSR count). The van der Waals surface area contributed by atoms with Gasteiger partial charge < -0.3 is 5.11 Å². The first-order valence-corrected chi connectivity index (χ1v) is 6.80. The summed E-state index contributed by atoms with van der Waals surface area (Å²) in [6.45, 7) is 9.05. The predicted molar refractivity (Wildman–Crippen MR) is 68.2 cm³/mol. The van der Waals surface area contributed by atoms with Crippen molar-refractivity contribution in [2.45, 2.75) is 65.4 Å². The Labute approximate surface area is 99.9 Å². The van der Waals surface area contributed by atoms with Gasteiger partial charge in [-0.15, -0.1) is 0 Å². The lowest BCUT2D eigenvalue weighted by atomic mass is 9.55. The molecule has 1 fully saturated rings. The van der Waals surface area contributed by atoms with E-state index in [4.69, 9.17) is 0 Å². The molecule has 0 heterocycles. The quantitative estimate of drug-likeness (QED) is 0.667. The van der Waals surface area contributed by atoms with E-state index in [0.717, 1.165) is 25.2 Å². The van der Waals surface area contributed by atoms with Crippen molar-refractivity contribution >= 4 is 0 Å². The van der Waals surface area contributed by atoms with E-state index in [9.17, 15) is 5.11 Å². The van der Waals surface area contributed by atoms with Gasteiger partial charge >= 0.3 is 0 Å². The standard InChI is InChI=1S/C15H26O/c1-11(2)15(16)9-8-13-7-5-6-12(3)14(13,4)10-15/h7,11-12,16H,5-6,8-10H2,1-4H3. The van der Waals surface area contributed by atoms with E-state index >= 15 is 0 Å². The van der Waals surface area contributed by atoms with Gasteiger partial charge in [-0.2, -0.15) is 0 Å². The molecule has 0 aromatic carbocycles. The Kier molecular flexibility index (Phi) is 2.94. The first-order valence-electron chi connectivity index (χ1n) is 6.80. The van der Waals surface area contributed by atoms with Crippen LogP contribution in [0, 0.1) is 17.3 Å². The minimum absolute atomic E-state index is 0.259. The lowest BCUT2D eigenvalue weighted by Crippen LogP contribution is -2.48. The normalized spacial score (nSPS) is 44.1. The Balaban J connectivity index is 2.29. The van der Waals surface area contributed by atoms with Crippen LogP contribution >= 0.6 is 0 Å². The molecule has 1 heteroatoms. The second-order valence-electron chi connectivity index (χ2n) is 6.56. The van der Waals surface area contributed by atoms with Crippen LogP contribution in [0.5, 0.6) is 0 Å². The van der Waals surface area contributed by atoms with E-state index in [-0.39, 0.29) is 5.41 Å². The number of allylic oxidation sites excluding steroid dienone is 2. The highest BCUT2D eigenvalue weighted by Crippen LogP contribution is 2.54. The zero-order chi connectivity index (χ0) is 12.0. The summed E-state index contributed by atoms with van der Waals surface area (Å²) in [5, 5.41) is 10.7. The van der Waals surface area contributed by atoms with Crippen LogP contribution in [-0.2, 0) is 0 Å². The summed E-state index contributed by atoms with van der Waals surface area (Å²) in [5.74, 6) is 1.10. The fourth-order valence-corrected chi connectivity index (χ4v) is 3.62. The van der Waals surface area contributed by atoms with Crippen molar-refractivity contribution in [3.05, 3.63) is 11.6 Å². The van der Waals surface area contributed by atoms with E-state index in [1.165, 1.54) is 12.8 Å². The Morgan fingerprint density at radius 2 is 2.12 bits per heavy atom. The van der Waals surface area contributed by atoms with Crippen LogP contribution in [0.25, 0.3) is 0 Å². The molecule has 0 aromatic heterocycles. The van der Waals surface area contributed by atoms with Gasteiger partial charge in [-0.05, 0) is 49.4 Å². The third-order valence-corrected chi connectivity index (χ3v) is 5.39. The molecule has 0 amide bonds. The highest BCUT2D eigenvalue weighted by Gasteiger charge is 2.48. The summed E-state index contributed by atoms with van der Waals surface area (Å²) < 4.78 is 0. The van der Waals surface area contributed by atoms with Crippen molar-refractivity contribution in [2.75, 3.05) is 0 Å². The molecule has 2 aliphatic carbocycles. The van der Waals surface area contributed by atoms with Crippen LogP contribution in [-0.4, -0.2) is 10.7 Å². The largest absolute Gasteiger partial charge is 0.390 e. The monoisotopic (exact) mass is 222 g/mol. The van der Waals surface area contributed by atoms with E-state index in [0.29, 0.717) is 5.92 Å². The molecule has 0 bridgehead atoms. The van der Waals surface area contributed by atoms with Crippen molar-refractivity contribution in [3.63, 3.8) is 0 Å². The lowest BCUT2D eigenvalue weighted by molar-refractivity contribution is -0.0734. The minimum Gasteiger partial charge on any atom is -0.390 e. The summed E-state index contributed by atoms with van der Waals surface area (Å²) >= 11 is 0. The first kappa shape index (κ1) is 12.2. The van der Waals surface area contributed by atoms with Gasteiger partial charge in [0.1, 0.15) is 0 Å². The molecule has 0 aliphatic heterocycles. The smallest absolute Gasteiger partial charge is 0.0682 e. The zero-order valence-corrected chi connectivity index (χ0v) is 11.2. The van der Waals surface area contributed by atoms with Crippen molar-refractivity contribution in [1.29, 1.82) is 0 Å². The third-order valence-electron chi connectivity index (χ3n) is 5.39. The van der Waals surface area contributed by atoms with Gasteiger partial charge in [0.2, 0.25) is 0 Å². The third kappa shape index (κ3) is 1.73.